The first-order valence-electron chi connectivity index (χ1n) is 10.5. The maximum absolute atomic E-state index is 13.0. The second kappa shape index (κ2) is 8.03. The predicted molar refractivity (Wildman–Crippen MR) is 108 cm³/mol. The van der Waals surface area contributed by atoms with E-state index in [2.05, 4.69) is 10.2 Å². The zero-order valence-corrected chi connectivity index (χ0v) is 17.4. The Morgan fingerprint density at radius 3 is 2.82 bits per heavy atom. The van der Waals surface area contributed by atoms with E-state index in [0.29, 0.717) is 30.5 Å². The van der Waals surface area contributed by atoms with Gasteiger partial charge in [-0.25, -0.2) is 8.42 Å². The first kappa shape index (κ1) is 19.7. The number of carbonyl (C=O) groups is 1. The summed E-state index contributed by atoms with van der Waals surface area (Å²) in [6.45, 7) is 5.04. The number of nitrogens with one attached hydrogen (secondary N) is 1. The third-order valence-electron chi connectivity index (χ3n) is 6.15. The lowest BCUT2D eigenvalue weighted by molar-refractivity contribution is 0.0934. The summed E-state index contributed by atoms with van der Waals surface area (Å²) in [5.74, 6) is 1.18. The Morgan fingerprint density at radius 2 is 2.07 bits per heavy atom. The van der Waals surface area contributed by atoms with E-state index in [9.17, 15) is 13.2 Å². The second-order valence-corrected chi connectivity index (χ2v) is 10.5. The second-order valence-electron chi connectivity index (χ2n) is 8.26. The molecule has 3 aliphatic rings. The smallest absolute Gasteiger partial charge is 0.255 e. The highest BCUT2D eigenvalue weighted by atomic mass is 32.2. The molecule has 1 aromatic rings. The van der Waals surface area contributed by atoms with E-state index in [0.717, 1.165) is 43.8 Å². The molecule has 1 saturated carbocycles. The van der Waals surface area contributed by atoms with Crippen LogP contribution in [0.4, 0.5) is 0 Å². The third kappa shape index (κ3) is 4.20. The van der Waals surface area contributed by atoms with Crippen LogP contribution in [0, 0.1) is 5.92 Å². The Bertz CT molecular complexity index is 848. The lowest BCUT2D eigenvalue weighted by Crippen LogP contribution is -2.41. The molecule has 0 spiro atoms. The molecule has 1 aliphatic carbocycles. The van der Waals surface area contributed by atoms with Gasteiger partial charge in [0, 0.05) is 19.1 Å². The number of hydrogen-bond acceptors (Lipinski definition) is 5. The number of amides is 1. The van der Waals surface area contributed by atoms with Gasteiger partial charge in [-0.2, -0.15) is 0 Å². The fourth-order valence-corrected chi connectivity index (χ4v) is 5.22. The van der Waals surface area contributed by atoms with E-state index in [-0.39, 0.29) is 16.6 Å². The van der Waals surface area contributed by atoms with Gasteiger partial charge in [-0.05, 0) is 68.7 Å². The van der Waals surface area contributed by atoms with Crippen LogP contribution in [0.2, 0.25) is 0 Å². The molecule has 7 heteroatoms. The standard InChI is InChI=1S/C21H30N2O4S/c1-2-28(25,26)18-11-16-5-4-10-27-20(16)19(12-18)21(24)22-13-17-6-3-9-23(17)14-15-7-8-15/h11-12,15,17H,2-10,13-14H2,1H3,(H,22,24). The minimum absolute atomic E-state index is 0.0197. The fourth-order valence-electron chi connectivity index (χ4n) is 4.27. The number of nitrogens with zero attached hydrogens (tertiary/aromatic N) is 1. The zero-order valence-electron chi connectivity index (χ0n) is 16.6. The van der Waals surface area contributed by atoms with Gasteiger partial charge in [-0.1, -0.05) is 6.92 Å². The maximum atomic E-state index is 13.0. The molecule has 1 saturated heterocycles. The molecular formula is C21H30N2O4S. The summed E-state index contributed by atoms with van der Waals surface area (Å²) in [6.07, 6.45) is 6.51. The molecule has 4 rings (SSSR count). The first-order chi connectivity index (χ1) is 13.5. The highest BCUT2D eigenvalue weighted by Gasteiger charge is 2.31. The van der Waals surface area contributed by atoms with Crippen LogP contribution in [-0.2, 0) is 16.3 Å². The average molecular weight is 407 g/mol. The van der Waals surface area contributed by atoms with Crippen molar-refractivity contribution in [2.24, 2.45) is 5.92 Å². The molecule has 1 unspecified atom stereocenters. The normalized spacial score (nSPS) is 22.5. The summed E-state index contributed by atoms with van der Waals surface area (Å²) >= 11 is 0. The van der Waals surface area contributed by atoms with Crippen molar-refractivity contribution in [3.8, 4) is 5.75 Å². The third-order valence-corrected chi connectivity index (χ3v) is 7.86. The molecule has 1 atom stereocenters. The molecule has 1 amide bonds. The van der Waals surface area contributed by atoms with E-state index in [4.69, 9.17) is 4.74 Å². The summed E-state index contributed by atoms with van der Waals surface area (Å²) in [5.41, 5.74) is 1.18. The molecule has 0 bridgehead atoms. The molecule has 0 aromatic heterocycles. The van der Waals surface area contributed by atoms with Crippen LogP contribution in [-0.4, -0.2) is 57.3 Å². The van der Waals surface area contributed by atoms with Crippen molar-refractivity contribution in [1.29, 1.82) is 0 Å². The molecule has 28 heavy (non-hydrogen) atoms. The van der Waals surface area contributed by atoms with Crippen LogP contribution in [0.3, 0.4) is 0 Å². The number of sulfone groups is 1. The van der Waals surface area contributed by atoms with Gasteiger partial charge >= 0.3 is 0 Å². The number of benzene rings is 1. The van der Waals surface area contributed by atoms with Gasteiger partial charge in [-0.3, -0.25) is 9.69 Å². The van der Waals surface area contributed by atoms with Crippen molar-refractivity contribution in [2.75, 3.05) is 32.0 Å². The van der Waals surface area contributed by atoms with Gasteiger partial charge in [0.15, 0.2) is 9.84 Å². The molecule has 2 heterocycles. The minimum atomic E-state index is -3.38. The van der Waals surface area contributed by atoms with Crippen LogP contribution >= 0.6 is 0 Å². The summed E-state index contributed by atoms with van der Waals surface area (Å²) < 4.78 is 30.6. The molecule has 2 fully saturated rings. The van der Waals surface area contributed by atoms with Gasteiger partial charge in [0.1, 0.15) is 5.75 Å². The lowest BCUT2D eigenvalue weighted by Gasteiger charge is -2.25. The number of rotatable bonds is 7. The summed E-state index contributed by atoms with van der Waals surface area (Å²) in [4.78, 5) is 15.7. The maximum Gasteiger partial charge on any atom is 0.255 e. The largest absolute Gasteiger partial charge is 0.492 e. The molecule has 2 aliphatic heterocycles. The van der Waals surface area contributed by atoms with Crippen LogP contribution in [0.15, 0.2) is 17.0 Å². The van der Waals surface area contributed by atoms with Crippen LogP contribution in [0.25, 0.3) is 0 Å². The Morgan fingerprint density at radius 1 is 1.25 bits per heavy atom. The first-order valence-corrected chi connectivity index (χ1v) is 12.2. The molecule has 6 nitrogen and oxygen atoms in total. The Hall–Kier alpha value is -1.60. The molecule has 154 valence electrons. The van der Waals surface area contributed by atoms with Gasteiger partial charge in [-0.15, -0.1) is 0 Å². The Kier molecular flexibility index (Phi) is 5.65. The molecule has 1 N–H and O–H groups in total. The van der Waals surface area contributed by atoms with Crippen molar-refractivity contribution in [3.63, 3.8) is 0 Å². The molecule has 1 aromatic carbocycles. The van der Waals surface area contributed by atoms with Gasteiger partial charge in [0.05, 0.1) is 22.8 Å². The number of aryl methyl sites for hydroxylation is 1. The number of carbonyl (C=O) groups excluding carboxylic acids is 1. The van der Waals surface area contributed by atoms with Crippen LogP contribution in [0.5, 0.6) is 5.75 Å². The Labute approximate surface area is 167 Å². The molecular weight excluding hydrogens is 376 g/mol. The SMILES string of the molecule is CCS(=O)(=O)c1cc2c(c(C(=O)NCC3CCCN3CC3CC3)c1)OCCC2. The van der Waals surface area contributed by atoms with E-state index >= 15 is 0 Å². The number of hydrogen-bond donors (Lipinski definition) is 1. The van der Waals surface area contributed by atoms with Crippen molar-refractivity contribution < 1.29 is 17.9 Å². The van der Waals surface area contributed by atoms with Crippen molar-refractivity contribution in [1.82, 2.24) is 10.2 Å². The summed E-state index contributed by atoms with van der Waals surface area (Å²) in [5, 5.41) is 3.06. The fraction of sp³-hybridized carbons (Fsp3) is 0.667. The topological polar surface area (TPSA) is 75.7 Å². The van der Waals surface area contributed by atoms with Gasteiger partial charge < -0.3 is 10.1 Å². The number of likely N-dealkylation sites (tertiary alicyclic amines) is 1. The van der Waals surface area contributed by atoms with Crippen molar-refractivity contribution in [3.05, 3.63) is 23.3 Å². The van der Waals surface area contributed by atoms with E-state index < -0.39 is 9.84 Å². The Balaban J connectivity index is 1.52. The number of ether oxygens (including phenoxy) is 1. The monoisotopic (exact) mass is 406 g/mol. The highest BCUT2D eigenvalue weighted by Crippen LogP contribution is 2.33. The van der Waals surface area contributed by atoms with E-state index in [1.807, 2.05) is 0 Å². The molecule has 0 radical (unpaired) electrons. The van der Waals surface area contributed by atoms with Gasteiger partial charge in [0.25, 0.3) is 5.91 Å². The zero-order chi connectivity index (χ0) is 19.7. The quantitative estimate of drug-likeness (QED) is 0.753. The average Bonchev–Trinajstić information content (AvgIpc) is 3.41. The summed E-state index contributed by atoms with van der Waals surface area (Å²) in [6, 6.07) is 3.55. The number of fused-ring (bicyclic) bond motifs is 1. The van der Waals surface area contributed by atoms with E-state index in [1.165, 1.54) is 25.3 Å². The van der Waals surface area contributed by atoms with E-state index in [1.54, 1.807) is 13.0 Å². The summed E-state index contributed by atoms with van der Waals surface area (Å²) in [7, 11) is -3.38. The van der Waals surface area contributed by atoms with Crippen LogP contribution in [0.1, 0.15) is 54.9 Å². The van der Waals surface area contributed by atoms with Crippen molar-refractivity contribution >= 4 is 15.7 Å². The van der Waals surface area contributed by atoms with Gasteiger partial charge in [0.2, 0.25) is 0 Å². The highest BCUT2D eigenvalue weighted by molar-refractivity contribution is 7.91. The lowest BCUT2D eigenvalue weighted by atomic mass is 10.0. The predicted octanol–water partition coefficient (Wildman–Crippen LogP) is 2.41. The van der Waals surface area contributed by atoms with Crippen molar-refractivity contribution in [2.45, 2.75) is 56.4 Å². The van der Waals surface area contributed by atoms with Crippen LogP contribution < -0.4 is 10.1 Å². The minimum Gasteiger partial charge on any atom is -0.492 e.